The van der Waals surface area contributed by atoms with E-state index >= 15 is 0 Å². The summed E-state index contributed by atoms with van der Waals surface area (Å²) >= 11 is 0. The van der Waals surface area contributed by atoms with Gasteiger partial charge in [0.15, 0.2) is 0 Å². The number of nitrogens with zero attached hydrogens (tertiary/aromatic N) is 4. The highest BCUT2D eigenvalue weighted by atomic mass is 31.2. The highest BCUT2D eigenvalue weighted by Gasteiger charge is 2.32. The maximum Gasteiger partial charge on any atom is 0.120 e. The van der Waals surface area contributed by atoms with Crippen LogP contribution in [0.15, 0.2) is 0 Å². The molecule has 0 aromatic heterocycles. The van der Waals surface area contributed by atoms with Gasteiger partial charge in [-0.15, -0.1) is 0 Å². The Balaban J connectivity index is 2.19. The highest BCUT2D eigenvalue weighted by molar-refractivity contribution is 7.50. The van der Waals surface area contributed by atoms with Crippen LogP contribution in [0.4, 0.5) is 0 Å². The van der Waals surface area contributed by atoms with Crippen molar-refractivity contribution in [3.8, 4) is 0 Å². The van der Waals surface area contributed by atoms with Gasteiger partial charge in [-0.2, -0.15) is 0 Å². The van der Waals surface area contributed by atoms with Crippen molar-refractivity contribution in [2.45, 2.75) is 0 Å². The molecule has 0 N–H and O–H groups in total. The van der Waals surface area contributed by atoms with Gasteiger partial charge < -0.3 is 0 Å². The Labute approximate surface area is 82.0 Å². The van der Waals surface area contributed by atoms with Crippen LogP contribution in [0.25, 0.3) is 0 Å². The van der Waals surface area contributed by atoms with Crippen LogP contribution in [0.1, 0.15) is 0 Å². The van der Waals surface area contributed by atoms with E-state index in [1.165, 1.54) is 26.2 Å². The predicted octanol–water partition coefficient (Wildman–Crippen LogP) is 0.295. The Kier molecular flexibility index (Phi) is 2.86. The lowest BCUT2D eigenvalue weighted by Crippen LogP contribution is -2.36. The first-order chi connectivity index (χ1) is 6.18. The Morgan fingerprint density at radius 1 is 0.769 bits per heavy atom. The van der Waals surface area contributed by atoms with E-state index in [1.54, 1.807) is 0 Å². The van der Waals surface area contributed by atoms with Gasteiger partial charge in [-0.05, 0) is 21.1 Å². The maximum atomic E-state index is 2.54. The van der Waals surface area contributed by atoms with Gasteiger partial charge in [0.2, 0.25) is 0 Å². The quantitative estimate of drug-likeness (QED) is 0.524. The zero-order valence-corrected chi connectivity index (χ0v) is 9.67. The zero-order valence-electron chi connectivity index (χ0n) is 8.77. The van der Waals surface area contributed by atoms with Gasteiger partial charge in [0.05, 0.1) is 6.67 Å². The van der Waals surface area contributed by atoms with E-state index in [1.807, 2.05) is 0 Å². The third-order valence-corrected chi connectivity index (χ3v) is 5.16. The molecule has 4 nitrogen and oxygen atoms in total. The molecule has 2 fully saturated rings. The van der Waals surface area contributed by atoms with Crippen molar-refractivity contribution in [2.24, 2.45) is 0 Å². The third-order valence-electron chi connectivity index (χ3n) is 2.80. The van der Waals surface area contributed by atoms with E-state index in [0.717, 1.165) is 6.67 Å². The summed E-state index contributed by atoms with van der Waals surface area (Å²) in [7, 11) is 6.54. The standard InChI is InChI=1S/C8H19N4P/c1-9-4-6-12-7-5-10(2)13(9)11(3)8-12/h4-8H2,1-3H3. The average Bonchev–Trinajstić information content (AvgIpc) is 2.28. The first kappa shape index (κ1) is 9.81. The molecule has 2 saturated heterocycles. The second-order valence-electron chi connectivity index (χ2n) is 3.95. The first-order valence-electron chi connectivity index (χ1n) is 4.84. The highest BCUT2D eigenvalue weighted by Crippen LogP contribution is 2.47. The van der Waals surface area contributed by atoms with Crippen molar-refractivity contribution in [2.75, 3.05) is 54.0 Å². The fourth-order valence-electron chi connectivity index (χ4n) is 2.13. The molecule has 2 heterocycles. The van der Waals surface area contributed by atoms with Crippen LogP contribution in [0, 0.1) is 0 Å². The molecule has 13 heavy (non-hydrogen) atoms. The summed E-state index contributed by atoms with van der Waals surface area (Å²) in [5.41, 5.74) is 0. The van der Waals surface area contributed by atoms with Gasteiger partial charge in [0.1, 0.15) is 8.37 Å². The van der Waals surface area contributed by atoms with Crippen LogP contribution in [-0.2, 0) is 0 Å². The predicted molar refractivity (Wildman–Crippen MR) is 56.4 cm³/mol. The van der Waals surface area contributed by atoms with E-state index in [0.29, 0.717) is 0 Å². The molecule has 2 aliphatic heterocycles. The molecule has 0 amide bonds. The Morgan fingerprint density at radius 2 is 1.31 bits per heavy atom. The summed E-state index contributed by atoms with van der Waals surface area (Å²) in [6.07, 6.45) is 0. The number of hydrogen-bond donors (Lipinski definition) is 0. The van der Waals surface area contributed by atoms with Crippen LogP contribution in [0.2, 0.25) is 0 Å². The fraction of sp³-hybridized carbons (Fsp3) is 1.00. The van der Waals surface area contributed by atoms with E-state index in [9.17, 15) is 0 Å². The smallest absolute Gasteiger partial charge is 0.120 e. The number of rotatable bonds is 0. The lowest BCUT2D eigenvalue weighted by atomic mass is 10.5. The minimum Gasteiger partial charge on any atom is -0.288 e. The molecule has 2 rings (SSSR count). The normalized spacial score (nSPS) is 39.0. The topological polar surface area (TPSA) is 13.0 Å². The molecule has 76 valence electrons. The second kappa shape index (κ2) is 3.79. The zero-order chi connectivity index (χ0) is 9.42. The number of likely N-dealkylation sites (N-methyl/N-ethyl adjacent to an activating group) is 2. The summed E-state index contributed by atoms with van der Waals surface area (Å²) in [6.45, 7) is 6.02. The van der Waals surface area contributed by atoms with E-state index < -0.39 is 0 Å². The molecule has 0 saturated carbocycles. The average molecular weight is 202 g/mol. The molecule has 2 bridgehead atoms. The molecule has 5 heteroatoms. The van der Waals surface area contributed by atoms with Gasteiger partial charge in [-0.3, -0.25) is 14.2 Å². The molecule has 2 aliphatic rings. The largest absolute Gasteiger partial charge is 0.288 e. The molecule has 0 spiro atoms. The Bertz CT molecular complexity index is 175. The van der Waals surface area contributed by atoms with Crippen molar-refractivity contribution in [1.82, 2.24) is 18.9 Å². The van der Waals surface area contributed by atoms with Crippen LogP contribution in [0.5, 0.6) is 0 Å². The van der Waals surface area contributed by atoms with Crippen molar-refractivity contribution < 1.29 is 0 Å². The van der Waals surface area contributed by atoms with Crippen molar-refractivity contribution in [1.29, 1.82) is 0 Å². The van der Waals surface area contributed by atoms with Gasteiger partial charge in [-0.25, -0.2) is 4.67 Å². The minimum absolute atomic E-state index is 0.182. The molecule has 0 atom stereocenters. The van der Waals surface area contributed by atoms with E-state index in [4.69, 9.17) is 0 Å². The van der Waals surface area contributed by atoms with Crippen molar-refractivity contribution in [3.05, 3.63) is 0 Å². The summed E-state index contributed by atoms with van der Waals surface area (Å²) < 4.78 is 7.47. The van der Waals surface area contributed by atoms with Crippen LogP contribution >= 0.6 is 8.37 Å². The Hall–Kier alpha value is 0.270. The lowest BCUT2D eigenvalue weighted by molar-refractivity contribution is 0.225. The number of hydrogen-bond acceptors (Lipinski definition) is 4. The lowest BCUT2D eigenvalue weighted by Gasteiger charge is -2.37. The molecule has 0 aromatic carbocycles. The van der Waals surface area contributed by atoms with Gasteiger partial charge in [0, 0.05) is 26.2 Å². The van der Waals surface area contributed by atoms with Crippen molar-refractivity contribution >= 4 is 8.37 Å². The summed E-state index contributed by atoms with van der Waals surface area (Å²) in [5, 5.41) is 0. The van der Waals surface area contributed by atoms with Crippen molar-refractivity contribution in [3.63, 3.8) is 0 Å². The van der Waals surface area contributed by atoms with Crippen LogP contribution in [-0.4, -0.2) is 72.9 Å². The second-order valence-corrected chi connectivity index (χ2v) is 6.53. The fourth-order valence-corrected chi connectivity index (χ4v) is 4.52. The monoisotopic (exact) mass is 202 g/mol. The molecule has 0 aliphatic carbocycles. The van der Waals surface area contributed by atoms with Gasteiger partial charge >= 0.3 is 0 Å². The van der Waals surface area contributed by atoms with Crippen LogP contribution < -0.4 is 0 Å². The van der Waals surface area contributed by atoms with Crippen LogP contribution in [0.3, 0.4) is 0 Å². The Morgan fingerprint density at radius 3 is 1.85 bits per heavy atom. The summed E-state index contributed by atoms with van der Waals surface area (Å²) in [5.74, 6) is 0. The number of fused-ring (bicyclic) bond motifs is 3. The maximum absolute atomic E-state index is 2.54. The third kappa shape index (κ3) is 1.88. The van der Waals surface area contributed by atoms with Gasteiger partial charge in [-0.1, -0.05) is 0 Å². The molecule has 0 unspecified atom stereocenters. The van der Waals surface area contributed by atoms with E-state index in [-0.39, 0.29) is 8.37 Å². The van der Waals surface area contributed by atoms with Gasteiger partial charge in [0.25, 0.3) is 0 Å². The molecular weight excluding hydrogens is 183 g/mol. The van der Waals surface area contributed by atoms with E-state index in [2.05, 4.69) is 40.1 Å². The molecule has 0 radical (unpaired) electrons. The SMILES string of the molecule is CN1CCN2CCN(C)P1N(C)C2. The summed E-state index contributed by atoms with van der Waals surface area (Å²) in [6, 6.07) is 0. The summed E-state index contributed by atoms with van der Waals surface area (Å²) in [4.78, 5) is 2.54. The minimum atomic E-state index is -0.182. The molecule has 0 aromatic rings. The first-order valence-corrected chi connectivity index (χ1v) is 6.04. The molecular formula is C8H19N4P.